The first-order chi connectivity index (χ1) is 12.8. The molecule has 0 fully saturated rings. The molecule has 1 aliphatic heterocycles. The van der Waals surface area contributed by atoms with Crippen LogP contribution >= 0.6 is 0 Å². The fraction of sp³-hybridized carbons (Fsp3) is 0.368. The van der Waals surface area contributed by atoms with Crippen molar-refractivity contribution >= 4 is 21.2 Å². The number of nitrogens with zero attached hydrogens (tertiary/aromatic N) is 2. The molecule has 0 aliphatic carbocycles. The van der Waals surface area contributed by atoms with E-state index in [-0.39, 0.29) is 10.6 Å². The Morgan fingerprint density at radius 2 is 2.00 bits per heavy atom. The lowest BCUT2D eigenvalue weighted by atomic mass is 9.98. The molecule has 0 aromatic heterocycles. The Bertz CT molecular complexity index is 972. The standard InChI is InChI=1S/C19H22N2O5S/c1-3-11-26-16-8-7-15-13-20(10-9-14(15)12-16)17-5-4-6-18(27(2,24)25)19(17)21(22)23/h4-8,12H,3,9-11,13H2,1-2H3. The molecule has 7 nitrogen and oxygen atoms in total. The van der Waals surface area contributed by atoms with E-state index in [4.69, 9.17) is 4.74 Å². The Hall–Kier alpha value is -2.61. The third-order valence-electron chi connectivity index (χ3n) is 4.56. The van der Waals surface area contributed by atoms with Crippen LogP contribution in [-0.2, 0) is 22.8 Å². The van der Waals surface area contributed by atoms with Crippen molar-refractivity contribution in [1.29, 1.82) is 0 Å². The minimum atomic E-state index is -3.70. The summed E-state index contributed by atoms with van der Waals surface area (Å²) in [5.41, 5.74) is 2.19. The lowest BCUT2D eigenvalue weighted by Gasteiger charge is -2.31. The highest BCUT2D eigenvalue weighted by molar-refractivity contribution is 7.90. The first-order valence-electron chi connectivity index (χ1n) is 8.78. The largest absolute Gasteiger partial charge is 0.494 e. The molecule has 0 unspecified atom stereocenters. The van der Waals surface area contributed by atoms with Crippen LogP contribution in [0.25, 0.3) is 0 Å². The van der Waals surface area contributed by atoms with E-state index in [1.54, 1.807) is 12.1 Å². The smallest absolute Gasteiger partial charge is 0.311 e. The maximum atomic E-state index is 12.0. The molecule has 0 radical (unpaired) electrons. The van der Waals surface area contributed by atoms with Crippen molar-refractivity contribution in [1.82, 2.24) is 0 Å². The van der Waals surface area contributed by atoms with E-state index in [9.17, 15) is 18.5 Å². The molecule has 2 aromatic carbocycles. The Morgan fingerprint density at radius 1 is 1.22 bits per heavy atom. The zero-order valence-electron chi connectivity index (χ0n) is 15.3. The fourth-order valence-corrected chi connectivity index (χ4v) is 4.15. The third-order valence-corrected chi connectivity index (χ3v) is 5.69. The second-order valence-corrected chi connectivity index (χ2v) is 8.59. The molecule has 2 aromatic rings. The van der Waals surface area contributed by atoms with Crippen LogP contribution < -0.4 is 9.64 Å². The van der Waals surface area contributed by atoms with Crippen molar-refractivity contribution in [2.24, 2.45) is 0 Å². The molecule has 0 amide bonds. The lowest BCUT2D eigenvalue weighted by Crippen LogP contribution is -2.31. The number of rotatable bonds is 6. The van der Waals surface area contributed by atoms with E-state index in [0.717, 1.165) is 29.6 Å². The van der Waals surface area contributed by atoms with Gasteiger partial charge >= 0.3 is 5.69 Å². The Balaban J connectivity index is 1.95. The average molecular weight is 390 g/mol. The summed E-state index contributed by atoms with van der Waals surface area (Å²) in [6, 6.07) is 10.3. The quantitative estimate of drug-likeness (QED) is 0.555. The highest BCUT2D eigenvalue weighted by Gasteiger charge is 2.30. The summed E-state index contributed by atoms with van der Waals surface area (Å²) in [6.07, 6.45) is 2.63. The first kappa shape index (κ1) is 19.2. The topological polar surface area (TPSA) is 89.8 Å². The molecule has 27 heavy (non-hydrogen) atoms. The molecule has 0 bridgehead atoms. The zero-order chi connectivity index (χ0) is 19.6. The normalized spacial score (nSPS) is 13.9. The number of nitro groups is 1. The number of nitro benzene ring substituents is 1. The molecular formula is C19H22N2O5S. The van der Waals surface area contributed by atoms with Gasteiger partial charge in [0.2, 0.25) is 0 Å². The van der Waals surface area contributed by atoms with Crippen molar-refractivity contribution in [3.63, 3.8) is 0 Å². The van der Waals surface area contributed by atoms with Crippen LogP contribution in [0.15, 0.2) is 41.3 Å². The molecule has 0 spiro atoms. The highest BCUT2D eigenvalue weighted by atomic mass is 32.2. The Kier molecular flexibility index (Phi) is 5.36. The monoisotopic (exact) mass is 390 g/mol. The minimum Gasteiger partial charge on any atom is -0.494 e. The van der Waals surface area contributed by atoms with Crippen molar-refractivity contribution in [2.45, 2.75) is 31.2 Å². The summed E-state index contributed by atoms with van der Waals surface area (Å²) in [5, 5.41) is 11.6. The van der Waals surface area contributed by atoms with Gasteiger partial charge in [-0.25, -0.2) is 8.42 Å². The van der Waals surface area contributed by atoms with Crippen LogP contribution in [0, 0.1) is 10.1 Å². The second kappa shape index (κ2) is 7.56. The molecule has 0 saturated carbocycles. The number of benzene rings is 2. The number of ether oxygens (including phenoxy) is 1. The minimum absolute atomic E-state index is 0.251. The summed E-state index contributed by atoms with van der Waals surface area (Å²) >= 11 is 0. The van der Waals surface area contributed by atoms with Gasteiger partial charge in [-0.2, -0.15) is 0 Å². The predicted octanol–water partition coefficient (Wildman–Crippen LogP) is 3.35. The van der Waals surface area contributed by atoms with Gasteiger partial charge < -0.3 is 9.64 Å². The Morgan fingerprint density at radius 3 is 2.67 bits per heavy atom. The van der Waals surface area contributed by atoms with Gasteiger partial charge in [0.05, 0.1) is 11.5 Å². The van der Waals surface area contributed by atoms with Crippen molar-refractivity contribution in [3.8, 4) is 5.75 Å². The summed E-state index contributed by atoms with van der Waals surface area (Å²) in [5.74, 6) is 0.828. The van der Waals surface area contributed by atoms with Gasteiger partial charge in [-0.15, -0.1) is 0 Å². The van der Waals surface area contributed by atoms with E-state index in [1.807, 2.05) is 30.0 Å². The number of hydrogen-bond acceptors (Lipinski definition) is 6. The van der Waals surface area contributed by atoms with Crippen LogP contribution in [0.3, 0.4) is 0 Å². The fourth-order valence-electron chi connectivity index (χ4n) is 3.29. The number of sulfone groups is 1. The maximum absolute atomic E-state index is 12.0. The molecule has 0 atom stereocenters. The van der Waals surface area contributed by atoms with Gasteiger partial charge in [-0.05, 0) is 48.2 Å². The average Bonchev–Trinajstić information content (AvgIpc) is 2.64. The molecule has 1 heterocycles. The molecule has 8 heteroatoms. The van der Waals surface area contributed by atoms with Crippen molar-refractivity contribution in [2.75, 3.05) is 24.3 Å². The highest BCUT2D eigenvalue weighted by Crippen LogP contribution is 2.37. The van der Waals surface area contributed by atoms with Crippen LogP contribution in [0.1, 0.15) is 24.5 Å². The zero-order valence-corrected chi connectivity index (χ0v) is 16.2. The van der Waals surface area contributed by atoms with Gasteiger partial charge in [-0.3, -0.25) is 10.1 Å². The third kappa shape index (κ3) is 4.05. The molecule has 0 saturated heterocycles. The van der Waals surface area contributed by atoms with Gasteiger partial charge in [0.15, 0.2) is 9.84 Å². The van der Waals surface area contributed by atoms with Crippen LogP contribution in [0.2, 0.25) is 0 Å². The second-order valence-electron chi connectivity index (χ2n) is 6.60. The number of para-hydroxylation sites is 1. The van der Waals surface area contributed by atoms with Gasteiger partial charge in [0.25, 0.3) is 0 Å². The van der Waals surface area contributed by atoms with Gasteiger partial charge in [0, 0.05) is 19.3 Å². The summed E-state index contributed by atoms with van der Waals surface area (Å²) < 4.78 is 29.6. The predicted molar refractivity (Wildman–Crippen MR) is 103 cm³/mol. The van der Waals surface area contributed by atoms with Crippen LogP contribution in [-0.4, -0.2) is 32.7 Å². The van der Waals surface area contributed by atoms with E-state index >= 15 is 0 Å². The van der Waals surface area contributed by atoms with E-state index < -0.39 is 14.8 Å². The SMILES string of the molecule is CCCOc1ccc2c(c1)CCN(c1cccc(S(C)(=O)=O)c1[N+](=O)[O-])C2. The number of anilines is 1. The maximum Gasteiger partial charge on any atom is 0.311 e. The van der Waals surface area contributed by atoms with E-state index in [1.165, 1.54) is 6.07 Å². The van der Waals surface area contributed by atoms with Crippen molar-refractivity contribution in [3.05, 3.63) is 57.6 Å². The summed E-state index contributed by atoms with van der Waals surface area (Å²) in [4.78, 5) is 12.6. The Labute approximate surface area is 158 Å². The molecule has 0 N–H and O–H groups in total. The van der Waals surface area contributed by atoms with Gasteiger partial charge in [0.1, 0.15) is 16.3 Å². The molecule has 1 aliphatic rings. The lowest BCUT2D eigenvalue weighted by molar-refractivity contribution is -0.387. The van der Waals surface area contributed by atoms with E-state index in [0.29, 0.717) is 31.8 Å². The molecule has 144 valence electrons. The first-order valence-corrected chi connectivity index (χ1v) is 10.7. The molecular weight excluding hydrogens is 368 g/mol. The number of fused-ring (bicyclic) bond motifs is 1. The van der Waals surface area contributed by atoms with Crippen molar-refractivity contribution < 1.29 is 18.1 Å². The van der Waals surface area contributed by atoms with Crippen LogP contribution in [0.4, 0.5) is 11.4 Å². The number of hydrogen-bond donors (Lipinski definition) is 0. The van der Waals surface area contributed by atoms with E-state index in [2.05, 4.69) is 0 Å². The summed E-state index contributed by atoms with van der Waals surface area (Å²) in [6.45, 7) is 3.76. The summed E-state index contributed by atoms with van der Waals surface area (Å²) in [7, 11) is -3.70. The van der Waals surface area contributed by atoms with Gasteiger partial charge in [-0.1, -0.05) is 19.1 Å². The van der Waals surface area contributed by atoms with Crippen LogP contribution in [0.5, 0.6) is 5.75 Å². The molecule has 3 rings (SSSR count).